The van der Waals surface area contributed by atoms with E-state index in [1.54, 1.807) is 0 Å². The van der Waals surface area contributed by atoms with Crippen molar-refractivity contribution >= 4 is 34.9 Å². The summed E-state index contributed by atoms with van der Waals surface area (Å²) in [4.78, 5) is 28.8. The number of nitrogens with zero attached hydrogens (tertiary/aromatic N) is 1. The molecule has 2 aromatic carbocycles. The normalized spacial score (nSPS) is 18.4. The first-order chi connectivity index (χ1) is 21.8. The SMILES string of the molecule is [2H]c1nc(C(=O)N([2H])C([2H])([2H])[2H])c([2H])c(Oc2c([2H])c([2H])c(N([2H])C(=O)N([2H])c3c([2H])c([2H])c(Cl)c(C(F)(F)F)c3[2H])c([2H])c2[2H])c1[2H]. The van der Waals surface area contributed by atoms with Crippen LogP contribution in [0.15, 0.2) is 60.6 Å². The second-order valence-electron chi connectivity index (χ2n) is 5.26. The number of carbonyl (C=O) groups is 2. The molecule has 166 valence electrons. The van der Waals surface area contributed by atoms with E-state index in [2.05, 4.69) is 4.98 Å². The van der Waals surface area contributed by atoms with E-state index in [-0.39, 0.29) is 0 Å². The van der Waals surface area contributed by atoms with E-state index >= 15 is 0 Å². The van der Waals surface area contributed by atoms with Crippen LogP contribution in [0.2, 0.25) is 9.26 Å². The predicted molar refractivity (Wildman–Crippen MR) is 113 cm³/mol. The number of pyridine rings is 1. The van der Waals surface area contributed by atoms with E-state index < -0.39 is 141 Å². The molecule has 7 nitrogen and oxygen atoms in total. The van der Waals surface area contributed by atoms with Crippen LogP contribution in [0.4, 0.5) is 29.3 Å². The maximum Gasteiger partial charge on any atom is 0.417 e. The lowest BCUT2D eigenvalue weighted by Crippen LogP contribution is -2.19. The maximum absolute atomic E-state index is 13.5. The average Bonchev–Trinajstić information content (AvgIpc) is 2.98. The summed E-state index contributed by atoms with van der Waals surface area (Å²) in [5.74, 6) is -4.01. The molecule has 0 spiro atoms. The molecule has 0 saturated heterocycles. The van der Waals surface area contributed by atoms with Gasteiger partial charge in [-0.3, -0.25) is 9.78 Å². The van der Waals surface area contributed by atoms with Crippen LogP contribution in [0.25, 0.3) is 0 Å². The summed E-state index contributed by atoms with van der Waals surface area (Å²) in [6.45, 7) is -3.36. The average molecular weight is 481 g/mol. The summed E-state index contributed by atoms with van der Waals surface area (Å²) in [5.41, 5.74) is -5.91. The van der Waals surface area contributed by atoms with E-state index in [9.17, 15) is 22.8 Å². The molecule has 0 aliphatic heterocycles. The highest BCUT2D eigenvalue weighted by Gasteiger charge is 2.33. The minimum Gasteiger partial charge on any atom is -0.457 e. The summed E-state index contributed by atoms with van der Waals surface area (Å²) < 4.78 is 171. The van der Waals surface area contributed by atoms with Gasteiger partial charge in [0.05, 0.1) is 24.3 Å². The first-order valence-electron chi connectivity index (χ1n) is 15.7. The molecule has 0 atom stereocenters. The molecular weight excluding hydrogens is 449 g/mol. The highest BCUT2D eigenvalue weighted by molar-refractivity contribution is 6.31. The molecule has 0 fully saturated rings. The number of hydrogen-bond acceptors (Lipinski definition) is 4. The molecule has 3 aromatic rings. The summed E-state index contributed by atoms with van der Waals surface area (Å²) in [7, 11) is 0. The third-order valence-electron chi connectivity index (χ3n) is 3.12. The van der Waals surface area contributed by atoms with Crippen molar-refractivity contribution in [2.24, 2.45) is 0 Å². The fourth-order valence-corrected chi connectivity index (χ4v) is 2.06. The van der Waals surface area contributed by atoms with Gasteiger partial charge in [0.2, 0.25) is 0 Å². The molecule has 3 amide bonds. The summed E-state index contributed by atoms with van der Waals surface area (Å²) in [6, 6.07) is -13.8. The molecule has 3 rings (SSSR count). The molecule has 0 radical (unpaired) electrons. The lowest BCUT2D eigenvalue weighted by Gasteiger charge is -2.12. The summed E-state index contributed by atoms with van der Waals surface area (Å²) >= 11 is 5.49. The number of halogens is 4. The second kappa shape index (κ2) is 9.56. The van der Waals surface area contributed by atoms with Gasteiger partial charge in [0, 0.05) is 34.7 Å². The number of urea groups is 1. The van der Waals surface area contributed by atoms with Crippen molar-refractivity contribution in [3.63, 3.8) is 0 Å². The molecule has 3 N–H and O–H groups in total. The zero-order valence-corrected chi connectivity index (χ0v) is 15.8. The highest BCUT2D eigenvalue weighted by atomic mass is 35.5. The van der Waals surface area contributed by atoms with Crippen LogP contribution in [0, 0.1) is 0 Å². The number of amides is 3. The molecular formula is C21H16ClF3N4O3. The van der Waals surface area contributed by atoms with E-state index in [1.807, 2.05) is 0 Å². The largest absolute Gasteiger partial charge is 0.457 e. The second-order valence-corrected chi connectivity index (χ2v) is 5.64. The van der Waals surface area contributed by atoms with Gasteiger partial charge in [-0.1, -0.05) is 11.6 Å². The van der Waals surface area contributed by atoms with Crippen molar-refractivity contribution < 1.29 is 49.6 Å². The fraction of sp³-hybridized carbons (Fsp3) is 0.0952. The van der Waals surface area contributed by atoms with Gasteiger partial charge in [0.25, 0.3) is 5.91 Å². The Labute approximate surface area is 208 Å². The van der Waals surface area contributed by atoms with Gasteiger partial charge in [0.15, 0.2) is 4.24 Å². The monoisotopic (exact) mass is 480 g/mol. The Morgan fingerprint density at radius 3 is 2.44 bits per heavy atom. The minimum absolute atomic E-state index is 0.503. The van der Waals surface area contributed by atoms with Crippen LogP contribution >= 0.6 is 11.6 Å². The van der Waals surface area contributed by atoms with Crippen LogP contribution in [-0.4, -0.2) is 23.9 Å². The third kappa shape index (κ3) is 5.88. The topological polar surface area (TPSA) is 92.3 Å². The van der Waals surface area contributed by atoms with Crippen molar-refractivity contribution in [1.29, 1.82) is 0 Å². The Hall–Kier alpha value is -3.79. The van der Waals surface area contributed by atoms with E-state index in [1.165, 1.54) is 0 Å². The van der Waals surface area contributed by atoms with Gasteiger partial charge in [-0.05, 0) is 48.3 Å². The van der Waals surface area contributed by atoms with Gasteiger partial charge in [-0.25, -0.2) is 4.79 Å². The molecule has 11 heteroatoms. The smallest absolute Gasteiger partial charge is 0.417 e. The number of rotatable bonds is 5. The zero-order valence-electron chi connectivity index (χ0n) is 31.0. The lowest BCUT2D eigenvalue weighted by molar-refractivity contribution is -0.137. The van der Waals surface area contributed by atoms with Crippen molar-refractivity contribution in [1.82, 2.24) is 10.3 Å². The number of benzene rings is 2. The highest BCUT2D eigenvalue weighted by Crippen LogP contribution is 2.36. The Balaban J connectivity index is 2.14. The van der Waals surface area contributed by atoms with Crippen LogP contribution in [-0.2, 0) is 6.18 Å². The van der Waals surface area contributed by atoms with E-state index in [4.69, 9.17) is 38.4 Å². The number of ether oxygens (including phenoxy) is 1. The summed E-state index contributed by atoms with van der Waals surface area (Å²) in [5, 5.41) is -3.05. The van der Waals surface area contributed by atoms with Crippen molar-refractivity contribution in [3.8, 4) is 11.5 Å². The molecule has 0 aliphatic rings. The van der Waals surface area contributed by atoms with Gasteiger partial charge >= 0.3 is 12.2 Å². The van der Waals surface area contributed by atoms with Crippen molar-refractivity contribution in [3.05, 3.63) is 76.8 Å². The molecule has 0 saturated carbocycles. The molecule has 0 unspecified atom stereocenters. The van der Waals surface area contributed by atoms with Crippen LogP contribution in [0.5, 0.6) is 11.5 Å². The van der Waals surface area contributed by atoms with E-state index in [0.29, 0.717) is 0 Å². The van der Waals surface area contributed by atoms with Gasteiger partial charge in [-0.2, -0.15) is 13.2 Å². The summed E-state index contributed by atoms with van der Waals surface area (Å²) in [6.07, 6.45) is -6.50. The predicted octanol–water partition coefficient (Wildman–Crippen LogP) is 5.55. The maximum atomic E-state index is 13.5. The van der Waals surface area contributed by atoms with Gasteiger partial charge in [-0.15, -0.1) is 0 Å². The van der Waals surface area contributed by atoms with Crippen LogP contribution in [0.1, 0.15) is 33.9 Å². The number of anilines is 2. The van der Waals surface area contributed by atoms with Gasteiger partial charge in [0.1, 0.15) is 17.2 Å². The lowest BCUT2D eigenvalue weighted by atomic mass is 10.2. The Kier molecular flexibility index (Phi) is 2.92. The standard InChI is InChI=1S/C21H16ClF3N4O3/c1-26-19(30)18-11-15(8-9-27-18)32-14-5-2-12(3-6-14)28-20(31)29-13-4-7-17(22)16(10-13)21(23,24)25/h2-11H,1H3,(H,26,30)(H2,28,29,31)/i1D3,2D,3D,4D,5D,6D,7D,8D,9D,10D,11D/hD3. The number of carbonyl (C=O) groups excluding carboxylic acids is 2. The minimum atomic E-state index is -5.40. The van der Waals surface area contributed by atoms with Crippen molar-refractivity contribution in [2.75, 3.05) is 17.6 Å². The molecule has 1 heterocycles. The molecule has 0 aliphatic carbocycles. The Morgan fingerprint density at radius 2 is 1.75 bits per heavy atom. The molecule has 0 bridgehead atoms. The number of aromatic nitrogens is 1. The first kappa shape index (κ1) is 9.78. The third-order valence-corrected chi connectivity index (χ3v) is 3.40. The zero-order chi connectivity index (χ0) is 37.1. The Bertz CT molecular complexity index is 1830. The number of nitrogens with one attached hydrogen (secondary N) is 3. The van der Waals surface area contributed by atoms with E-state index in [0.717, 1.165) is 0 Å². The fourth-order valence-electron chi connectivity index (χ4n) is 1.86. The van der Waals surface area contributed by atoms with Crippen LogP contribution < -0.4 is 20.7 Å². The Morgan fingerprint density at radius 1 is 1.06 bits per heavy atom. The molecule has 1 aromatic heterocycles. The first-order valence-corrected chi connectivity index (χ1v) is 8.24. The quantitative estimate of drug-likeness (QED) is 0.446. The van der Waals surface area contributed by atoms with Crippen LogP contribution in [0.3, 0.4) is 0 Å². The van der Waals surface area contributed by atoms with Crippen molar-refractivity contribution in [2.45, 2.75) is 6.18 Å². The number of alkyl halides is 3. The molecule has 32 heavy (non-hydrogen) atoms. The number of hydrogen-bond donors (Lipinski definition) is 3. The van der Waals surface area contributed by atoms with Gasteiger partial charge < -0.3 is 20.7 Å².